The maximum absolute atomic E-state index is 11.9. The van der Waals surface area contributed by atoms with Gasteiger partial charge in [0, 0.05) is 27.2 Å². The van der Waals surface area contributed by atoms with Crippen LogP contribution in [-0.2, 0) is 21.3 Å². The fourth-order valence-electron chi connectivity index (χ4n) is 1.74. The first-order valence-corrected chi connectivity index (χ1v) is 8.28. The van der Waals surface area contributed by atoms with Gasteiger partial charge in [-0.15, -0.1) is 24.0 Å². The maximum atomic E-state index is 11.9. The zero-order chi connectivity index (χ0) is 16.8. The van der Waals surface area contributed by atoms with E-state index in [0.717, 1.165) is 5.56 Å². The van der Waals surface area contributed by atoms with Crippen LogP contribution in [0, 0.1) is 0 Å². The van der Waals surface area contributed by atoms with Gasteiger partial charge in [0.05, 0.1) is 18.0 Å². The normalized spacial score (nSPS) is 13.5. The summed E-state index contributed by atoms with van der Waals surface area (Å²) in [4.78, 5) is 4.47. The number of halogens is 1. The van der Waals surface area contributed by atoms with Gasteiger partial charge < -0.3 is 15.8 Å². The number of rotatable bonds is 7. The minimum atomic E-state index is -3.40. The van der Waals surface area contributed by atoms with Gasteiger partial charge in [0.25, 0.3) is 0 Å². The second-order valence-corrected chi connectivity index (χ2v) is 7.29. The van der Waals surface area contributed by atoms with Crippen molar-refractivity contribution in [2.24, 2.45) is 10.7 Å². The fourth-order valence-corrected chi connectivity index (χ4v) is 2.65. The molecular weight excluding hydrogens is 431 g/mol. The summed E-state index contributed by atoms with van der Waals surface area (Å²) in [7, 11) is 1.22. The van der Waals surface area contributed by atoms with Crippen molar-refractivity contribution in [1.82, 2.24) is 9.62 Å². The summed E-state index contributed by atoms with van der Waals surface area (Å²) in [6.45, 7) is 2.85. The van der Waals surface area contributed by atoms with Crippen LogP contribution in [0.4, 0.5) is 0 Å². The van der Waals surface area contributed by atoms with Crippen LogP contribution in [0.25, 0.3) is 0 Å². The molecule has 1 atom stereocenters. The highest BCUT2D eigenvalue weighted by atomic mass is 127. The van der Waals surface area contributed by atoms with E-state index in [-0.39, 0.29) is 34.9 Å². The lowest BCUT2D eigenvalue weighted by Gasteiger charge is -2.13. The number of nitrogens with one attached hydrogen (secondary N) is 1. The third kappa shape index (κ3) is 7.02. The zero-order valence-electron chi connectivity index (χ0n) is 13.8. The largest absolute Gasteiger partial charge is 0.383 e. The van der Waals surface area contributed by atoms with Crippen molar-refractivity contribution in [3.8, 4) is 0 Å². The van der Waals surface area contributed by atoms with Crippen molar-refractivity contribution in [2.45, 2.75) is 24.4 Å². The van der Waals surface area contributed by atoms with E-state index in [1.165, 1.54) is 18.4 Å². The van der Waals surface area contributed by atoms with E-state index in [0.29, 0.717) is 19.1 Å². The highest BCUT2D eigenvalue weighted by Crippen LogP contribution is 2.14. The standard InChI is InChI=1S/C14H24N4O3S.HI/c1-11(10-21-4)17-14(15)16-9-12-5-7-13(8-6-12)22(19,20)18(2)3;/h5-8,11H,9-10H2,1-4H3,(H3,15,16,17);1H. The molecule has 0 heterocycles. The molecule has 0 aliphatic carbocycles. The van der Waals surface area contributed by atoms with Gasteiger partial charge in [-0.25, -0.2) is 17.7 Å². The van der Waals surface area contributed by atoms with E-state index < -0.39 is 10.0 Å². The molecule has 0 bridgehead atoms. The Kier molecular flexibility index (Phi) is 9.66. The second-order valence-electron chi connectivity index (χ2n) is 5.13. The number of nitrogens with two attached hydrogens (primary N) is 1. The SMILES string of the molecule is COCC(C)NC(N)=NCc1ccc(S(=O)(=O)N(C)C)cc1.I. The van der Waals surface area contributed by atoms with Gasteiger partial charge in [-0.2, -0.15) is 0 Å². The zero-order valence-corrected chi connectivity index (χ0v) is 17.0. The molecular formula is C14H25IN4O3S. The van der Waals surface area contributed by atoms with Crippen molar-refractivity contribution in [1.29, 1.82) is 0 Å². The van der Waals surface area contributed by atoms with Crippen LogP contribution in [-0.4, -0.2) is 52.5 Å². The Balaban J connectivity index is 0.00000484. The second kappa shape index (κ2) is 10.1. The quantitative estimate of drug-likeness (QED) is 0.363. The molecule has 23 heavy (non-hydrogen) atoms. The number of guanidine groups is 1. The number of nitrogens with zero attached hydrogens (tertiary/aromatic N) is 2. The highest BCUT2D eigenvalue weighted by Gasteiger charge is 2.16. The summed E-state index contributed by atoms with van der Waals surface area (Å²) in [5.41, 5.74) is 6.65. The van der Waals surface area contributed by atoms with Crippen LogP contribution < -0.4 is 11.1 Å². The van der Waals surface area contributed by atoms with Crippen molar-refractivity contribution in [3.05, 3.63) is 29.8 Å². The first-order valence-electron chi connectivity index (χ1n) is 6.84. The van der Waals surface area contributed by atoms with Gasteiger partial charge in [0.15, 0.2) is 5.96 Å². The molecule has 0 saturated carbocycles. The number of hydrogen-bond acceptors (Lipinski definition) is 4. The lowest BCUT2D eigenvalue weighted by Crippen LogP contribution is -2.40. The van der Waals surface area contributed by atoms with E-state index in [9.17, 15) is 8.42 Å². The van der Waals surface area contributed by atoms with Crippen LogP contribution in [0.5, 0.6) is 0 Å². The molecule has 1 aromatic rings. The Morgan fingerprint density at radius 3 is 2.39 bits per heavy atom. The number of ether oxygens (including phenoxy) is 1. The third-order valence-corrected chi connectivity index (χ3v) is 4.77. The molecule has 7 nitrogen and oxygen atoms in total. The topological polar surface area (TPSA) is 97.0 Å². The molecule has 0 spiro atoms. The lowest BCUT2D eigenvalue weighted by molar-refractivity contribution is 0.179. The van der Waals surface area contributed by atoms with Crippen molar-refractivity contribution >= 4 is 40.0 Å². The van der Waals surface area contributed by atoms with E-state index >= 15 is 0 Å². The average molecular weight is 456 g/mol. The molecule has 0 aliphatic heterocycles. The summed E-state index contributed by atoms with van der Waals surface area (Å²) >= 11 is 0. The van der Waals surface area contributed by atoms with Gasteiger partial charge in [-0.3, -0.25) is 0 Å². The molecule has 0 fully saturated rings. The van der Waals surface area contributed by atoms with E-state index in [2.05, 4.69) is 10.3 Å². The number of methoxy groups -OCH3 is 1. The van der Waals surface area contributed by atoms with Gasteiger partial charge >= 0.3 is 0 Å². The predicted octanol–water partition coefficient (Wildman–Crippen LogP) is 0.994. The molecule has 0 saturated heterocycles. The first kappa shape index (κ1) is 22.1. The van der Waals surface area contributed by atoms with Crippen LogP contribution in [0.3, 0.4) is 0 Å². The molecule has 0 amide bonds. The summed E-state index contributed by atoms with van der Waals surface area (Å²) in [5.74, 6) is 0.328. The molecule has 132 valence electrons. The Bertz CT molecular complexity index is 603. The molecule has 1 unspecified atom stereocenters. The summed E-state index contributed by atoms with van der Waals surface area (Å²) in [6.07, 6.45) is 0. The van der Waals surface area contributed by atoms with Crippen molar-refractivity contribution in [3.63, 3.8) is 0 Å². The van der Waals surface area contributed by atoms with Crippen LogP contribution in [0.15, 0.2) is 34.2 Å². The summed E-state index contributed by atoms with van der Waals surface area (Å²) in [5, 5.41) is 3.00. The fraction of sp³-hybridized carbons (Fsp3) is 0.500. The van der Waals surface area contributed by atoms with Gasteiger partial charge in [0.2, 0.25) is 10.0 Å². The lowest BCUT2D eigenvalue weighted by atomic mass is 10.2. The Labute approximate surface area is 155 Å². The minimum absolute atomic E-state index is 0. The number of benzene rings is 1. The molecule has 1 aromatic carbocycles. The first-order chi connectivity index (χ1) is 10.3. The summed E-state index contributed by atoms with van der Waals surface area (Å²) in [6, 6.07) is 6.66. The van der Waals surface area contributed by atoms with Crippen molar-refractivity contribution in [2.75, 3.05) is 27.8 Å². The average Bonchev–Trinajstić information content (AvgIpc) is 2.45. The van der Waals surface area contributed by atoms with E-state index in [1.807, 2.05) is 6.92 Å². The molecule has 0 radical (unpaired) electrons. The third-order valence-electron chi connectivity index (χ3n) is 2.94. The Morgan fingerprint density at radius 1 is 1.35 bits per heavy atom. The van der Waals surface area contributed by atoms with E-state index in [1.54, 1.807) is 31.4 Å². The van der Waals surface area contributed by atoms with E-state index in [4.69, 9.17) is 10.5 Å². The molecule has 1 rings (SSSR count). The van der Waals surface area contributed by atoms with Gasteiger partial charge in [0.1, 0.15) is 0 Å². The molecule has 0 aromatic heterocycles. The smallest absolute Gasteiger partial charge is 0.242 e. The predicted molar refractivity (Wildman–Crippen MR) is 103 cm³/mol. The minimum Gasteiger partial charge on any atom is -0.383 e. The van der Waals surface area contributed by atoms with Crippen LogP contribution >= 0.6 is 24.0 Å². The molecule has 0 aliphatic rings. The maximum Gasteiger partial charge on any atom is 0.242 e. The highest BCUT2D eigenvalue weighted by molar-refractivity contribution is 14.0. The van der Waals surface area contributed by atoms with Gasteiger partial charge in [-0.05, 0) is 24.6 Å². The number of hydrogen-bond donors (Lipinski definition) is 2. The molecule has 9 heteroatoms. The molecule has 3 N–H and O–H groups in total. The summed E-state index contributed by atoms with van der Waals surface area (Å²) < 4.78 is 30.1. The van der Waals surface area contributed by atoms with Crippen LogP contribution in [0.1, 0.15) is 12.5 Å². The Hall–Kier alpha value is -0.910. The number of aliphatic imine (C=N–C) groups is 1. The monoisotopic (exact) mass is 456 g/mol. The number of sulfonamides is 1. The Morgan fingerprint density at radius 2 is 1.91 bits per heavy atom. The van der Waals surface area contributed by atoms with Crippen molar-refractivity contribution < 1.29 is 13.2 Å². The van der Waals surface area contributed by atoms with Crippen LogP contribution in [0.2, 0.25) is 0 Å². The van der Waals surface area contributed by atoms with Gasteiger partial charge in [-0.1, -0.05) is 12.1 Å².